The van der Waals surface area contributed by atoms with Gasteiger partial charge in [-0.1, -0.05) is 46.9 Å². The van der Waals surface area contributed by atoms with E-state index in [4.69, 9.17) is 39.2 Å². The van der Waals surface area contributed by atoms with Crippen molar-refractivity contribution in [1.82, 2.24) is 9.97 Å². The number of aromatic amines is 1. The lowest BCUT2D eigenvalue weighted by Gasteiger charge is -2.07. The van der Waals surface area contributed by atoms with Crippen molar-refractivity contribution < 1.29 is 4.42 Å². The van der Waals surface area contributed by atoms with Gasteiger partial charge in [-0.25, -0.2) is 10.4 Å². The van der Waals surface area contributed by atoms with Crippen molar-refractivity contribution in [3.05, 3.63) is 87.2 Å². The number of H-pyrrole nitrogens is 1. The minimum atomic E-state index is 0.397. The molecule has 0 amide bonds. The highest BCUT2D eigenvalue weighted by Gasteiger charge is 2.11. The molecule has 2 N–H and O–H groups in total. The van der Waals surface area contributed by atoms with E-state index in [1.807, 2.05) is 42.5 Å². The predicted octanol–water partition coefficient (Wildman–Crippen LogP) is 6.86. The van der Waals surface area contributed by atoms with E-state index in [9.17, 15) is 0 Å². The molecular formula is C22H13Cl3N4O. The van der Waals surface area contributed by atoms with Crippen molar-refractivity contribution in [2.24, 2.45) is 5.10 Å². The maximum absolute atomic E-state index is 6.41. The summed E-state index contributed by atoms with van der Waals surface area (Å²) in [6.07, 6.45) is 0. The van der Waals surface area contributed by atoms with Crippen molar-refractivity contribution in [3.8, 4) is 11.3 Å². The van der Waals surface area contributed by atoms with E-state index in [1.54, 1.807) is 24.3 Å². The van der Waals surface area contributed by atoms with E-state index in [-0.39, 0.29) is 0 Å². The smallest absolute Gasteiger partial charge is 0.222 e. The van der Waals surface area contributed by atoms with Gasteiger partial charge in [0.05, 0.1) is 21.4 Å². The van der Waals surface area contributed by atoms with Crippen LogP contribution in [0.4, 0.5) is 5.95 Å². The second-order valence-electron chi connectivity index (χ2n) is 6.59. The largest absolute Gasteiger partial charge is 0.454 e. The van der Waals surface area contributed by atoms with Gasteiger partial charge in [-0.15, -0.1) is 0 Å². The number of nitrogens with zero attached hydrogens (tertiary/aromatic N) is 2. The average molecular weight is 456 g/mol. The second-order valence-corrected chi connectivity index (χ2v) is 7.87. The summed E-state index contributed by atoms with van der Waals surface area (Å²) in [7, 11) is 0. The molecule has 0 fully saturated rings. The average Bonchev–Trinajstić information content (AvgIpc) is 3.16. The van der Waals surface area contributed by atoms with E-state index < -0.39 is 0 Å². The summed E-state index contributed by atoms with van der Waals surface area (Å²) in [4.78, 5) is 7.67. The van der Waals surface area contributed by atoms with Gasteiger partial charge in [0.2, 0.25) is 5.95 Å². The number of nitrogens with one attached hydrogen (secondary N) is 2. The Balaban J connectivity index is 1.68. The summed E-state index contributed by atoms with van der Waals surface area (Å²) in [5.74, 6) is 1.11. The van der Waals surface area contributed by atoms with Gasteiger partial charge in [-0.05, 0) is 48.5 Å². The number of hydrogen-bond donors (Lipinski definition) is 2. The van der Waals surface area contributed by atoms with E-state index in [1.165, 1.54) is 0 Å². The van der Waals surface area contributed by atoms with E-state index in [0.29, 0.717) is 43.1 Å². The molecule has 0 spiro atoms. The Labute approximate surface area is 185 Å². The summed E-state index contributed by atoms with van der Waals surface area (Å²) < 4.78 is 6.07. The standard InChI is InChI=1S/C22H13Cl3N4O/c23-13-7-5-12(6-8-13)20-11-19(15-9-14(24)10-16(25)21(15)30-20)28-29-22-26-17-3-1-2-4-18(17)27-22/h1-11H,(H2,26,27,29). The van der Waals surface area contributed by atoms with Crippen LogP contribution >= 0.6 is 34.8 Å². The zero-order valence-corrected chi connectivity index (χ0v) is 17.6. The van der Waals surface area contributed by atoms with Gasteiger partial charge in [-0.2, -0.15) is 5.10 Å². The van der Waals surface area contributed by atoms with Crippen LogP contribution in [0.5, 0.6) is 0 Å². The quantitative estimate of drug-likeness (QED) is 0.292. The Kier molecular flexibility index (Phi) is 4.87. The van der Waals surface area contributed by atoms with Crippen LogP contribution in [0.2, 0.25) is 15.1 Å². The molecule has 5 aromatic rings. The molecule has 0 aliphatic rings. The van der Waals surface area contributed by atoms with Crippen LogP contribution in [0.3, 0.4) is 0 Å². The van der Waals surface area contributed by atoms with Gasteiger partial charge in [0.25, 0.3) is 0 Å². The fourth-order valence-corrected chi connectivity index (χ4v) is 3.82. The molecule has 30 heavy (non-hydrogen) atoms. The molecule has 0 radical (unpaired) electrons. The van der Waals surface area contributed by atoms with Crippen LogP contribution in [-0.4, -0.2) is 9.97 Å². The SMILES string of the molecule is Clc1ccc(-c2cc(=NNc3nc4ccccc4[nH]3)c3cc(Cl)cc(Cl)c3o2)cc1. The van der Waals surface area contributed by atoms with Crippen LogP contribution in [0, 0.1) is 0 Å². The number of anilines is 1. The van der Waals surface area contributed by atoms with Gasteiger partial charge in [-0.3, -0.25) is 0 Å². The molecule has 2 heterocycles. The monoisotopic (exact) mass is 454 g/mol. The fraction of sp³-hybridized carbons (Fsp3) is 0. The molecule has 0 aliphatic heterocycles. The van der Waals surface area contributed by atoms with Crippen LogP contribution in [0.15, 0.2) is 76.2 Å². The summed E-state index contributed by atoms with van der Waals surface area (Å²) >= 11 is 18.6. The molecule has 0 saturated heterocycles. The molecule has 0 unspecified atom stereocenters. The van der Waals surface area contributed by atoms with Crippen molar-refractivity contribution in [1.29, 1.82) is 0 Å². The number of hydrogen-bond acceptors (Lipinski definition) is 4. The molecular weight excluding hydrogens is 443 g/mol. The first-order valence-corrected chi connectivity index (χ1v) is 10.1. The van der Waals surface area contributed by atoms with Gasteiger partial charge in [0, 0.05) is 27.1 Å². The highest BCUT2D eigenvalue weighted by molar-refractivity contribution is 6.38. The molecule has 0 saturated carbocycles. The topological polar surface area (TPSA) is 66.2 Å². The van der Waals surface area contributed by atoms with E-state index >= 15 is 0 Å². The lowest BCUT2D eigenvalue weighted by molar-refractivity contribution is 0.618. The molecule has 5 rings (SSSR count). The molecule has 5 nitrogen and oxygen atoms in total. The fourth-order valence-electron chi connectivity index (χ4n) is 3.16. The van der Waals surface area contributed by atoms with E-state index in [2.05, 4.69) is 20.5 Å². The van der Waals surface area contributed by atoms with Crippen molar-refractivity contribution in [2.75, 3.05) is 5.43 Å². The molecule has 0 aliphatic carbocycles. The number of imidazole rings is 1. The van der Waals surface area contributed by atoms with Gasteiger partial charge in [0.15, 0.2) is 5.58 Å². The lowest BCUT2D eigenvalue weighted by atomic mass is 10.1. The predicted molar refractivity (Wildman–Crippen MR) is 122 cm³/mol. The molecule has 8 heteroatoms. The molecule has 2 aromatic heterocycles. The Morgan fingerprint density at radius 1 is 0.900 bits per heavy atom. The van der Waals surface area contributed by atoms with Gasteiger partial charge >= 0.3 is 0 Å². The third kappa shape index (κ3) is 3.63. The number of para-hydroxylation sites is 2. The highest BCUT2D eigenvalue weighted by Crippen LogP contribution is 2.30. The second kappa shape index (κ2) is 7.69. The Morgan fingerprint density at radius 3 is 2.50 bits per heavy atom. The van der Waals surface area contributed by atoms with Gasteiger partial charge in [0.1, 0.15) is 5.76 Å². The van der Waals surface area contributed by atoms with Crippen LogP contribution in [-0.2, 0) is 0 Å². The molecule has 0 bridgehead atoms. The number of rotatable bonds is 3. The Bertz CT molecular complexity index is 1420. The number of aromatic nitrogens is 2. The number of fused-ring (bicyclic) bond motifs is 2. The van der Waals surface area contributed by atoms with Crippen molar-refractivity contribution in [3.63, 3.8) is 0 Å². The lowest BCUT2D eigenvalue weighted by Crippen LogP contribution is -2.08. The molecule has 0 atom stereocenters. The number of benzene rings is 3. The highest BCUT2D eigenvalue weighted by atomic mass is 35.5. The van der Waals surface area contributed by atoms with E-state index in [0.717, 1.165) is 16.6 Å². The summed E-state index contributed by atoms with van der Waals surface area (Å²) in [6.45, 7) is 0. The van der Waals surface area contributed by atoms with Crippen molar-refractivity contribution >= 4 is 62.8 Å². The molecule has 3 aromatic carbocycles. The summed E-state index contributed by atoms with van der Waals surface area (Å²) in [5, 5.41) is 7.34. The maximum atomic E-state index is 6.41. The van der Waals surface area contributed by atoms with Gasteiger partial charge < -0.3 is 9.40 Å². The Hall–Kier alpha value is -2.99. The van der Waals surface area contributed by atoms with Crippen LogP contribution in [0.1, 0.15) is 0 Å². The normalized spacial score (nSPS) is 12.0. The number of halogens is 3. The minimum Gasteiger partial charge on any atom is -0.454 e. The first-order chi connectivity index (χ1) is 14.6. The zero-order valence-electron chi connectivity index (χ0n) is 15.3. The maximum Gasteiger partial charge on any atom is 0.222 e. The molecule has 148 valence electrons. The summed E-state index contributed by atoms with van der Waals surface area (Å²) in [6, 6.07) is 20.3. The van der Waals surface area contributed by atoms with Crippen LogP contribution < -0.4 is 10.8 Å². The Morgan fingerprint density at radius 2 is 1.70 bits per heavy atom. The zero-order chi connectivity index (χ0) is 20.7. The summed E-state index contributed by atoms with van der Waals surface area (Å²) in [5.41, 5.74) is 6.06. The van der Waals surface area contributed by atoms with Crippen LogP contribution in [0.25, 0.3) is 33.3 Å². The first-order valence-electron chi connectivity index (χ1n) is 9.00. The minimum absolute atomic E-state index is 0.397. The van der Waals surface area contributed by atoms with Crippen molar-refractivity contribution in [2.45, 2.75) is 0 Å². The third-order valence-corrected chi connectivity index (χ3v) is 5.32. The third-order valence-electron chi connectivity index (χ3n) is 4.56. The first kappa shape index (κ1) is 19.0.